The van der Waals surface area contributed by atoms with E-state index in [-0.39, 0.29) is 24.8 Å². The van der Waals surface area contributed by atoms with Gasteiger partial charge in [-0.15, -0.1) is 11.3 Å². The van der Waals surface area contributed by atoms with E-state index in [2.05, 4.69) is 31.2 Å². The van der Waals surface area contributed by atoms with E-state index < -0.39 is 0 Å². The van der Waals surface area contributed by atoms with Gasteiger partial charge in [-0.05, 0) is 31.7 Å². The van der Waals surface area contributed by atoms with E-state index >= 15 is 0 Å². The third-order valence-electron chi connectivity index (χ3n) is 5.78. The zero-order valence-electron chi connectivity index (χ0n) is 16.9. The summed E-state index contributed by atoms with van der Waals surface area (Å²) in [6.45, 7) is 2.17. The minimum atomic E-state index is -0.123. The second-order valence-corrected chi connectivity index (χ2v) is 8.92. The van der Waals surface area contributed by atoms with E-state index in [0.29, 0.717) is 5.56 Å². The lowest BCUT2D eigenvalue weighted by molar-refractivity contribution is -0.117. The van der Waals surface area contributed by atoms with Crippen LogP contribution in [-0.2, 0) is 17.6 Å². The van der Waals surface area contributed by atoms with Crippen molar-refractivity contribution in [2.45, 2.75) is 26.2 Å². The molecule has 1 amide bonds. The number of hydrogen-bond acceptors (Lipinski definition) is 4. The maximum Gasteiger partial charge on any atom is 0.249 e. The van der Waals surface area contributed by atoms with E-state index in [9.17, 15) is 9.59 Å². The minimum Gasteiger partial charge on any atom is -0.294 e. The molecule has 5 heteroatoms. The predicted octanol–water partition coefficient (Wildman–Crippen LogP) is 4.61. The van der Waals surface area contributed by atoms with Crippen molar-refractivity contribution in [1.82, 2.24) is 0 Å². The number of rotatable bonds is 4. The number of carbonyl (C=O) groups is 2. The quantitative estimate of drug-likeness (QED) is 0.585. The number of ketones is 1. The monoisotopic (exact) mass is 414 g/mol. The number of nitrogens with zero attached hydrogens (tertiary/aromatic N) is 2. The fraction of sp³-hybridized carbons (Fsp3) is 0.240. The molecule has 0 N–H and O–H groups in total. The summed E-state index contributed by atoms with van der Waals surface area (Å²) in [5.74, 6) is -0.176. The Labute approximate surface area is 179 Å². The number of amides is 1. The number of benzene rings is 2. The average Bonchev–Trinajstić information content (AvgIpc) is 3.32. The molecular formula is C25H22N2O2S. The highest BCUT2D eigenvalue weighted by Crippen LogP contribution is 2.43. The van der Waals surface area contributed by atoms with Gasteiger partial charge < -0.3 is 0 Å². The Hall–Kier alpha value is -3.05. The van der Waals surface area contributed by atoms with Crippen LogP contribution >= 0.6 is 11.3 Å². The average molecular weight is 415 g/mol. The normalized spacial score (nSPS) is 15.4. The van der Waals surface area contributed by atoms with Crippen molar-refractivity contribution in [2.75, 3.05) is 18.0 Å². The summed E-state index contributed by atoms with van der Waals surface area (Å²) in [6, 6.07) is 17.5. The van der Waals surface area contributed by atoms with Crippen LogP contribution in [0.25, 0.3) is 0 Å². The van der Waals surface area contributed by atoms with Crippen molar-refractivity contribution in [3.63, 3.8) is 0 Å². The molecule has 2 aliphatic rings. The Balaban J connectivity index is 1.59. The van der Waals surface area contributed by atoms with Crippen LogP contribution in [0.2, 0.25) is 0 Å². The Kier molecular flexibility index (Phi) is 4.83. The second kappa shape index (κ2) is 7.65. The van der Waals surface area contributed by atoms with Gasteiger partial charge in [0.15, 0.2) is 5.78 Å². The first-order valence-electron chi connectivity index (χ1n) is 10.3. The highest BCUT2D eigenvalue weighted by Gasteiger charge is 2.33. The topological polar surface area (TPSA) is 49.7 Å². The van der Waals surface area contributed by atoms with Gasteiger partial charge in [0.25, 0.3) is 0 Å². The van der Waals surface area contributed by atoms with E-state index in [1.165, 1.54) is 16.0 Å². The van der Waals surface area contributed by atoms with Gasteiger partial charge in [0.2, 0.25) is 5.91 Å². The maximum atomic E-state index is 13.1. The molecule has 0 radical (unpaired) electrons. The first-order chi connectivity index (χ1) is 14.6. The number of anilines is 1. The number of fused-ring (bicyclic) bond motifs is 3. The van der Waals surface area contributed by atoms with Crippen molar-refractivity contribution in [1.29, 1.82) is 0 Å². The Morgan fingerprint density at radius 3 is 2.60 bits per heavy atom. The van der Waals surface area contributed by atoms with Gasteiger partial charge >= 0.3 is 0 Å². The largest absolute Gasteiger partial charge is 0.294 e. The molecule has 0 saturated carbocycles. The smallest absolute Gasteiger partial charge is 0.249 e. The Morgan fingerprint density at radius 1 is 1.07 bits per heavy atom. The number of thiophene rings is 1. The van der Waals surface area contributed by atoms with Gasteiger partial charge in [-0.3, -0.25) is 19.5 Å². The van der Waals surface area contributed by atoms with Crippen LogP contribution in [0.15, 0.2) is 59.6 Å². The van der Waals surface area contributed by atoms with Crippen LogP contribution < -0.4 is 4.90 Å². The molecule has 0 fully saturated rings. The Bertz CT molecular complexity index is 1160. The fourth-order valence-electron chi connectivity index (χ4n) is 4.21. The lowest BCUT2D eigenvalue weighted by Gasteiger charge is -2.20. The summed E-state index contributed by atoms with van der Waals surface area (Å²) in [7, 11) is 0. The van der Waals surface area contributed by atoms with E-state index in [0.717, 1.165) is 41.1 Å². The van der Waals surface area contributed by atoms with Gasteiger partial charge in [-0.1, -0.05) is 60.2 Å². The van der Waals surface area contributed by atoms with Crippen molar-refractivity contribution in [3.8, 4) is 0 Å². The highest BCUT2D eigenvalue weighted by atomic mass is 32.1. The van der Waals surface area contributed by atoms with Crippen LogP contribution in [0.5, 0.6) is 0 Å². The zero-order valence-corrected chi connectivity index (χ0v) is 17.7. The second-order valence-electron chi connectivity index (χ2n) is 7.84. The van der Waals surface area contributed by atoms with E-state index in [4.69, 9.17) is 4.99 Å². The fourth-order valence-corrected chi connectivity index (χ4v) is 5.62. The maximum absolute atomic E-state index is 13.1. The molecule has 0 atom stereocenters. The van der Waals surface area contributed by atoms with E-state index in [1.54, 1.807) is 28.4 Å². The third-order valence-corrected chi connectivity index (χ3v) is 7.10. The molecule has 0 spiro atoms. The predicted molar refractivity (Wildman–Crippen MR) is 121 cm³/mol. The molecule has 1 aliphatic heterocycles. The van der Waals surface area contributed by atoms with Gasteiger partial charge in [0.1, 0.15) is 11.5 Å². The summed E-state index contributed by atoms with van der Waals surface area (Å²) in [5.41, 5.74) is 6.09. The molecule has 150 valence electrons. The molecule has 0 saturated heterocycles. The summed E-state index contributed by atoms with van der Waals surface area (Å²) in [5, 5.41) is 0.880. The molecule has 2 aromatic carbocycles. The number of carbonyl (C=O) groups excluding carboxylic acids is 2. The molecular weight excluding hydrogens is 392 g/mol. The van der Waals surface area contributed by atoms with Crippen molar-refractivity contribution in [2.24, 2.45) is 4.99 Å². The van der Waals surface area contributed by atoms with Crippen LogP contribution in [0.3, 0.4) is 0 Å². The summed E-state index contributed by atoms with van der Waals surface area (Å²) >= 11 is 1.66. The van der Waals surface area contributed by atoms with Crippen molar-refractivity contribution >= 4 is 33.7 Å². The molecule has 0 bridgehead atoms. The molecule has 3 aromatic rings. The highest BCUT2D eigenvalue weighted by molar-refractivity contribution is 7.17. The zero-order chi connectivity index (χ0) is 20.7. The Morgan fingerprint density at radius 2 is 1.83 bits per heavy atom. The van der Waals surface area contributed by atoms with Crippen LogP contribution in [0.1, 0.15) is 43.9 Å². The molecule has 5 rings (SSSR count). The lowest BCUT2D eigenvalue weighted by Crippen LogP contribution is -2.36. The van der Waals surface area contributed by atoms with Crippen LogP contribution in [0.4, 0.5) is 5.00 Å². The third kappa shape index (κ3) is 3.29. The van der Waals surface area contributed by atoms with Gasteiger partial charge in [-0.2, -0.15) is 0 Å². The van der Waals surface area contributed by atoms with Crippen LogP contribution in [-0.4, -0.2) is 30.5 Å². The van der Waals surface area contributed by atoms with Crippen molar-refractivity contribution in [3.05, 3.63) is 87.3 Å². The summed E-state index contributed by atoms with van der Waals surface area (Å²) < 4.78 is 0. The first kappa shape index (κ1) is 18.9. The molecule has 0 unspecified atom stereocenters. The van der Waals surface area contributed by atoms with Gasteiger partial charge in [0.05, 0.1) is 12.3 Å². The summed E-state index contributed by atoms with van der Waals surface area (Å²) in [4.78, 5) is 33.7. The standard InChI is InChI=1S/C25H22N2O2S/c1-16-10-12-18(13-11-16)24-23-19-8-5-9-21(19)30-25(23)27(22(29)14-26-24)15-20(28)17-6-3-2-4-7-17/h2-4,6-7,10-13H,5,8-9,14-15H2,1H3. The van der Waals surface area contributed by atoms with Gasteiger partial charge in [0, 0.05) is 21.6 Å². The lowest BCUT2D eigenvalue weighted by atomic mass is 9.98. The minimum absolute atomic E-state index is 0.0476. The molecule has 30 heavy (non-hydrogen) atoms. The molecule has 2 heterocycles. The number of hydrogen-bond donors (Lipinski definition) is 0. The molecule has 4 nitrogen and oxygen atoms in total. The number of aryl methyl sites for hydroxylation is 2. The van der Waals surface area contributed by atoms with E-state index in [1.807, 2.05) is 18.2 Å². The number of aliphatic imine (C=N–C) groups is 1. The van der Waals surface area contributed by atoms with Crippen LogP contribution in [0, 0.1) is 6.92 Å². The molecule has 1 aromatic heterocycles. The first-order valence-corrected chi connectivity index (χ1v) is 11.1. The van der Waals surface area contributed by atoms with Crippen molar-refractivity contribution < 1.29 is 9.59 Å². The van der Waals surface area contributed by atoms with Gasteiger partial charge in [-0.25, -0.2) is 0 Å². The number of Topliss-reactive ketones (excluding diaryl/α,β-unsaturated/α-hetero) is 1. The SMILES string of the molecule is Cc1ccc(C2=NCC(=O)N(CC(=O)c3ccccc3)c3sc4c(c32)CCC4)cc1. The summed E-state index contributed by atoms with van der Waals surface area (Å²) in [6.07, 6.45) is 3.16. The molecule has 1 aliphatic carbocycles.